The molecule has 0 amide bonds. The Morgan fingerprint density at radius 2 is 1.84 bits per heavy atom. The summed E-state index contributed by atoms with van der Waals surface area (Å²) in [7, 11) is -1.95. The molecular formula is C26H42O5Si. The second-order valence-corrected chi connectivity index (χ2v) is 16.8. The minimum absolute atomic E-state index is 0.0654. The van der Waals surface area contributed by atoms with Crippen LogP contribution < -0.4 is 0 Å². The van der Waals surface area contributed by atoms with Gasteiger partial charge in [-0.05, 0) is 78.4 Å². The summed E-state index contributed by atoms with van der Waals surface area (Å²) in [5.41, 5.74) is 3.24. The minimum Gasteiger partial charge on any atom is -0.416 e. The van der Waals surface area contributed by atoms with Crippen LogP contribution in [0.1, 0.15) is 66.2 Å². The lowest BCUT2D eigenvalue weighted by Gasteiger charge is -2.44. The van der Waals surface area contributed by atoms with Crippen molar-refractivity contribution in [2.75, 3.05) is 26.4 Å². The monoisotopic (exact) mass is 462 g/mol. The van der Waals surface area contributed by atoms with Crippen LogP contribution >= 0.6 is 0 Å². The van der Waals surface area contributed by atoms with Crippen molar-refractivity contribution < 1.29 is 23.8 Å². The smallest absolute Gasteiger partial charge is 0.192 e. The summed E-state index contributed by atoms with van der Waals surface area (Å²) in [6.45, 7) is 15.2. The molecule has 3 unspecified atom stereocenters. The number of allylic oxidation sites excluding steroid dienone is 2. The van der Waals surface area contributed by atoms with Gasteiger partial charge in [-0.3, -0.25) is 4.79 Å². The van der Waals surface area contributed by atoms with Crippen molar-refractivity contribution in [3.8, 4) is 0 Å². The average molecular weight is 463 g/mol. The van der Waals surface area contributed by atoms with Gasteiger partial charge >= 0.3 is 0 Å². The third kappa shape index (κ3) is 4.11. The van der Waals surface area contributed by atoms with E-state index in [1.165, 1.54) is 11.1 Å². The fourth-order valence-electron chi connectivity index (χ4n) is 6.02. The molecule has 4 aliphatic rings. The van der Waals surface area contributed by atoms with Crippen LogP contribution in [-0.2, 0) is 18.7 Å². The highest BCUT2D eigenvalue weighted by molar-refractivity contribution is 6.74. The molecule has 1 N–H and O–H groups in total. The molecule has 1 saturated heterocycles. The van der Waals surface area contributed by atoms with Crippen LogP contribution in [0.2, 0.25) is 18.1 Å². The van der Waals surface area contributed by atoms with Crippen molar-refractivity contribution in [2.45, 2.75) is 90.1 Å². The van der Waals surface area contributed by atoms with Crippen molar-refractivity contribution in [3.05, 3.63) is 22.8 Å². The summed E-state index contributed by atoms with van der Waals surface area (Å²) < 4.78 is 18.5. The number of ether oxygens (including phenoxy) is 2. The lowest BCUT2D eigenvalue weighted by Crippen LogP contribution is -2.47. The predicted octanol–water partition coefficient (Wildman–Crippen LogP) is 5.16. The van der Waals surface area contributed by atoms with Crippen LogP contribution in [0.25, 0.3) is 0 Å². The average Bonchev–Trinajstić information content (AvgIpc) is 3.30. The lowest BCUT2D eigenvalue weighted by atomic mass is 9.64. The van der Waals surface area contributed by atoms with E-state index in [9.17, 15) is 9.90 Å². The molecule has 0 aromatic heterocycles. The molecule has 32 heavy (non-hydrogen) atoms. The number of Topliss-reactive ketones (excluding diaryl/α,β-unsaturated/α-hetero) is 1. The molecule has 0 bridgehead atoms. The summed E-state index contributed by atoms with van der Waals surface area (Å²) in [5, 5.41) is 10.6. The van der Waals surface area contributed by atoms with Gasteiger partial charge in [-0.1, -0.05) is 27.7 Å². The number of hydrogen-bond donors (Lipinski definition) is 1. The van der Waals surface area contributed by atoms with Gasteiger partial charge < -0.3 is 19.0 Å². The van der Waals surface area contributed by atoms with Crippen LogP contribution in [0.5, 0.6) is 0 Å². The molecular weight excluding hydrogens is 420 g/mol. The Labute approximate surface area is 194 Å². The molecule has 2 fully saturated rings. The Kier molecular flexibility index (Phi) is 6.43. The summed E-state index contributed by atoms with van der Waals surface area (Å²) >= 11 is 0. The Balaban J connectivity index is 1.60. The number of carbonyl (C=O) groups is 1. The van der Waals surface area contributed by atoms with Crippen molar-refractivity contribution >= 4 is 14.1 Å². The van der Waals surface area contributed by atoms with E-state index in [1.807, 2.05) is 0 Å². The second-order valence-electron chi connectivity index (χ2n) is 12.0. The SMILES string of the molecule is CC1(CO[Si](C)(C)C(C)(C)C)C(=O)CCC1C1CCC2=CC3(CCC2=C1CO)OCCO3. The van der Waals surface area contributed by atoms with Gasteiger partial charge in [-0.2, -0.15) is 0 Å². The van der Waals surface area contributed by atoms with Gasteiger partial charge in [-0.15, -0.1) is 0 Å². The summed E-state index contributed by atoms with van der Waals surface area (Å²) in [6, 6.07) is 0. The third-order valence-corrected chi connectivity index (χ3v) is 13.7. The number of aliphatic hydroxyl groups is 1. The van der Waals surface area contributed by atoms with E-state index < -0.39 is 19.5 Å². The molecule has 0 aromatic carbocycles. The van der Waals surface area contributed by atoms with Crippen molar-refractivity contribution in [1.82, 2.24) is 0 Å². The molecule has 180 valence electrons. The Morgan fingerprint density at radius 1 is 1.16 bits per heavy atom. The van der Waals surface area contributed by atoms with Gasteiger partial charge in [0.25, 0.3) is 0 Å². The fourth-order valence-corrected chi connectivity index (χ4v) is 7.11. The molecule has 0 aromatic rings. The highest BCUT2D eigenvalue weighted by Crippen LogP contribution is 2.53. The maximum atomic E-state index is 13.2. The molecule has 1 aliphatic heterocycles. The highest BCUT2D eigenvalue weighted by Gasteiger charge is 2.52. The molecule has 3 aliphatic carbocycles. The van der Waals surface area contributed by atoms with E-state index in [0.29, 0.717) is 32.0 Å². The zero-order valence-corrected chi connectivity index (χ0v) is 21.9. The van der Waals surface area contributed by atoms with E-state index in [-0.39, 0.29) is 23.5 Å². The summed E-state index contributed by atoms with van der Waals surface area (Å²) in [5.74, 6) is 0.248. The van der Waals surface area contributed by atoms with Crippen molar-refractivity contribution in [3.63, 3.8) is 0 Å². The second kappa shape index (κ2) is 8.45. The van der Waals surface area contributed by atoms with E-state index in [1.54, 1.807) is 0 Å². The van der Waals surface area contributed by atoms with Crippen LogP contribution in [0.15, 0.2) is 22.8 Å². The quantitative estimate of drug-likeness (QED) is 0.572. The standard InChI is InChI=1S/C26H42O5Si/c1-24(2,3)32(5,6)31-17-25(4)22(9-10-23(25)28)20-8-7-18-15-26(29-13-14-30-26)12-11-19(18)21(20)16-27/h15,20,22,27H,7-14,16-17H2,1-6H3. The first-order chi connectivity index (χ1) is 14.9. The number of carbonyl (C=O) groups excluding carboxylic acids is 1. The van der Waals surface area contributed by atoms with E-state index in [2.05, 4.69) is 46.9 Å². The molecule has 5 nitrogen and oxygen atoms in total. The topological polar surface area (TPSA) is 65.0 Å². The van der Waals surface area contributed by atoms with Crippen LogP contribution in [0.3, 0.4) is 0 Å². The van der Waals surface area contributed by atoms with E-state index >= 15 is 0 Å². The number of ketones is 1. The zero-order chi connectivity index (χ0) is 23.4. The first-order valence-corrected chi connectivity index (χ1v) is 15.3. The van der Waals surface area contributed by atoms with Crippen molar-refractivity contribution in [1.29, 1.82) is 0 Å². The van der Waals surface area contributed by atoms with Gasteiger partial charge in [0, 0.05) is 19.4 Å². The molecule has 1 spiro atoms. The van der Waals surface area contributed by atoms with Gasteiger partial charge in [-0.25, -0.2) is 0 Å². The van der Waals surface area contributed by atoms with Crippen LogP contribution in [0, 0.1) is 17.3 Å². The lowest BCUT2D eigenvalue weighted by molar-refractivity contribution is -0.129. The molecule has 3 atom stereocenters. The Bertz CT molecular complexity index is 815. The normalized spacial score (nSPS) is 33.1. The molecule has 1 saturated carbocycles. The number of hydrogen-bond acceptors (Lipinski definition) is 5. The number of rotatable bonds is 5. The van der Waals surface area contributed by atoms with Gasteiger partial charge in [0.2, 0.25) is 0 Å². The Morgan fingerprint density at radius 3 is 2.47 bits per heavy atom. The molecule has 0 radical (unpaired) electrons. The van der Waals surface area contributed by atoms with Crippen molar-refractivity contribution in [2.24, 2.45) is 17.3 Å². The van der Waals surface area contributed by atoms with Gasteiger partial charge in [0.05, 0.1) is 25.2 Å². The number of fused-ring (bicyclic) bond motifs is 1. The molecule has 6 heteroatoms. The first-order valence-electron chi connectivity index (χ1n) is 12.4. The maximum Gasteiger partial charge on any atom is 0.192 e. The molecule has 4 rings (SSSR count). The fraction of sp³-hybridized carbons (Fsp3) is 0.808. The van der Waals surface area contributed by atoms with Crippen LogP contribution in [0.4, 0.5) is 0 Å². The minimum atomic E-state index is -1.95. The number of aliphatic hydroxyl groups excluding tert-OH is 1. The Hall–Kier alpha value is -0.793. The maximum absolute atomic E-state index is 13.2. The summed E-state index contributed by atoms with van der Waals surface area (Å²) in [4.78, 5) is 13.2. The van der Waals surface area contributed by atoms with Crippen LogP contribution in [-0.4, -0.2) is 51.4 Å². The van der Waals surface area contributed by atoms with E-state index in [4.69, 9.17) is 13.9 Å². The van der Waals surface area contributed by atoms with Gasteiger partial charge in [0.15, 0.2) is 14.1 Å². The predicted molar refractivity (Wildman–Crippen MR) is 128 cm³/mol. The highest BCUT2D eigenvalue weighted by atomic mass is 28.4. The van der Waals surface area contributed by atoms with E-state index in [0.717, 1.165) is 37.7 Å². The van der Waals surface area contributed by atoms with Gasteiger partial charge in [0.1, 0.15) is 5.78 Å². The first kappa shape index (κ1) is 24.3. The third-order valence-electron chi connectivity index (χ3n) is 9.17. The molecule has 1 heterocycles. The zero-order valence-electron chi connectivity index (χ0n) is 20.9. The largest absolute Gasteiger partial charge is 0.416 e. The summed E-state index contributed by atoms with van der Waals surface area (Å²) in [6.07, 6.45) is 7.29.